The van der Waals surface area contributed by atoms with Crippen LogP contribution in [0.5, 0.6) is 0 Å². The molecule has 24 heavy (non-hydrogen) atoms. The number of halogens is 1. The molecule has 0 saturated carbocycles. The second-order valence-electron chi connectivity index (χ2n) is 5.79. The minimum Gasteiger partial charge on any atom is -0.481 e. The van der Waals surface area contributed by atoms with E-state index < -0.39 is 23.2 Å². The van der Waals surface area contributed by atoms with Crippen LogP contribution >= 0.6 is 0 Å². The minimum absolute atomic E-state index is 0.0415. The van der Waals surface area contributed by atoms with E-state index in [0.717, 1.165) is 5.56 Å². The Morgan fingerprint density at radius 3 is 2.38 bits per heavy atom. The molecule has 0 fully saturated rings. The molecule has 1 N–H and O–H groups in total. The average Bonchev–Trinajstić information content (AvgIpc) is 2.54. The van der Waals surface area contributed by atoms with Crippen LogP contribution in [0.2, 0.25) is 0 Å². The van der Waals surface area contributed by atoms with Crippen molar-refractivity contribution in [2.24, 2.45) is 0 Å². The van der Waals surface area contributed by atoms with Crippen LogP contribution in [0.15, 0.2) is 48.5 Å². The summed E-state index contributed by atoms with van der Waals surface area (Å²) in [5, 5.41) is 9.57. The van der Waals surface area contributed by atoms with Crippen molar-refractivity contribution in [1.29, 1.82) is 0 Å². The lowest BCUT2D eigenvalue weighted by molar-refractivity contribution is -0.147. The first kappa shape index (κ1) is 17.7. The number of carboxylic acids is 1. The molecule has 0 saturated heterocycles. The number of aliphatic carboxylic acids is 1. The molecular formula is C19H19FO4. The van der Waals surface area contributed by atoms with Gasteiger partial charge in [0.05, 0.1) is 12.0 Å². The summed E-state index contributed by atoms with van der Waals surface area (Å²) in [6, 6.07) is 13.5. The Labute approximate surface area is 139 Å². The highest BCUT2D eigenvalue weighted by atomic mass is 19.1. The van der Waals surface area contributed by atoms with Gasteiger partial charge in [0.1, 0.15) is 5.82 Å². The summed E-state index contributed by atoms with van der Waals surface area (Å²) < 4.78 is 19.3. The monoisotopic (exact) mass is 330 g/mol. The Hall–Kier alpha value is -2.69. The van der Waals surface area contributed by atoms with Crippen molar-refractivity contribution in [2.75, 3.05) is 6.61 Å². The fourth-order valence-electron chi connectivity index (χ4n) is 2.48. The van der Waals surface area contributed by atoms with E-state index in [1.165, 1.54) is 19.9 Å². The highest BCUT2D eigenvalue weighted by molar-refractivity contribution is 5.81. The van der Waals surface area contributed by atoms with E-state index in [1.54, 1.807) is 24.3 Å². The quantitative estimate of drug-likeness (QED) is 0.819. The second kappa shape index (κ2) is 7.25. The number of ether oxygens (including phenoxy) is 1. The zero-order valence-electron chi connectivity index (χ0n) is 13.6. The molecule has 0 aliphatic heterocycles. The Morgan fingerprint density at radius 2 is 1.83 bits per heavy atom. The maximum Gasteiger partial charge on any atom is 0.313 e. The van der Waals surface area contributed by atoms with Gasteiger partial charge in [-0.1, -0.05) is 42.5 Å². The van der Waals surface area contributed by atoms with Crippen LogP contribution in [0.1, 0.15) is 25.8 Å². The number of esters is 1. The van der Waals surface area contributed by atoms with E-state index in [4.69, 9.17) is 4.74 Å². The normalized spacial score (nSPS) is 13.1. The highest BCUT2D eigenvalue weighted by Gasteiger charge is 2.35. The van der Waals surface area contributed by atoms with Gasteiger partial charge in [-0.2, -0.15) is 0 Å². The van der Waals surface area contributed by atoms with Crippen molar-refractivity contribution < 1.29 is 23.8 Å². The van der Waals surface area contributed by atoms with Crippen molar-refractivity contribution in [1.82, 2.24) is 0 Å². The molecule has 0 aliphatic carbocycles. The molecule has 0 bridgehead atoms. The molecule has 126 valence electrons. The first-order chi connectivity index (χ1) is 11.3. The Balaban J connectivity index is 2.33. The molecule has 0 aliphatic rings. The predicted molar refractivity (Wildman–Crippen MR) is 88.1 cm³/mol. The van der Waals surface area contributed by atoms with E-state index in [-0.39, 0.29) is 13.0 Å². The Morgan fingerprint density at radius 1 is 1.17 bits per heavy atom. The number of hydrogen-bond donors (Lipinski definition) is 1. The SMILES string of the molecule is CC(=O)OCCC(C)(C(=O)O)c1ccc(-c2ccccc2)c(F)c1. The van der Waals surface area contributed by atoms with Crippen molar-refractivity contribution in [2.45, 2.75) is 25.7 Å². The fourth-order valence-corrected chi connectivity index (χ4v) is 2.48. The number of carbonyl (C=O) groups excluding carboxylic acids is 1. The van der Waals surface area contributed by atoms with Gasteiger partial charge in [0, 0.05) is 18.9 Å². The summed E-state index contributed by atoms with van der Waals surface area (Å²) in [5.74, 6) is -2.06. The average molecular weight is 330 g/mol. The number of benzene rings is 2. The van der Waals surface area contributed by atoms with Crippen molar-refractivity contribution in [3.63, 3.8) is 0 Å². The predicted octanol–water partition coefficient (Wildman–Crippen LogP) is 3.79. The number of carboxylic acid groups (broad SMARTS) is 1. The van der Waals surface area contributed by atoms with E-state index in [2.05, 4.69) is 0 Å². The molecular weight excluding hydrogens is 311 g/mol. The van der Waals surface area contributed by atoms with Gasteiger partial charge in [0.25, 0.3) is 0 Å². The van der Waals surface area contributed by atoms with Crippen LogP contribution in [0, 0.1) is 5.82 Å². The Bertz CT molecular complexity index is 742. The van der Waals surface area contributed by atoms with Gasteiger partial charge < -0.3 is 9.84 Å². The molecule has 5 heteroatoms. The third-order valence-electron chi connectivity index (χ3n) is 4.07. The maximum atomic E-state index is 14.5. The van der Waals surface area contributed by atoms with Gasteiger partial charge in [0.15, 0.2) is 0 Å². The molecule has 0 amide bonds. The summed E-state index contributed by atoms with van der Waals surface area (Å²) in [6.07, 6.45) is 0.0615. The topological polar surface area (TPSA) is 63.6 Å². The number of rotatable bonds is 6. The van der Waals surface area contributed by atoms with Gasteiger partial charge in [-0.05, 0) is 24.1 Å². The largest absolute Gasteiger partial charge is 0.481 e. The Kier molecular flexibility index (Phi) is 5.34. The maximum absolute atomic E-state index is 14.5. The molecule has 0 heterocycles. The van der Waals surface area contributed by atoms with Gasteiger partial charge in [0.2, 0.25) is 0 Å². The highest BCUT2D eigenvalue weighted by Crippen LogP contribution is 2.32. The second-order valence-corrected chi connectivity index (χ2v) is 5.79. The molecule has 2 rings (SSSR count). The van der Waals surface area contributed by atoms with E-state index >= 15 is 0 Å². The summed E-state index contributed by atoms with van der Waals surface area (Å²) in [5.41, 5.74) is 0.121. The van der Waals surface area contributed by atoms with Crippen molar-refractivity contribution >= 4 is 11.9 Å². The smallest absolute Gasteiger partial charge is 0.313 e. The minimum atomic E-state index is -1.34. The van der Waals surface area contributed by atoms with Crippen LogP contribution in [0.3, 0.4) is 0 Å². The van der Waals surface area contributed by atoms with Crippen molar-refractivity contribution in [3.05, 3.63) is 59.9 Å². The van der Waals surface area contributed by atoms with Crippen LogP contribution in [0.25, 0.3) is 11.1 Å². The van der Waals surface area contributed by atoms with E-state index in [1.807, 2.05) is 18.2 Å². The van der Waals surface area contributed by atoms with Crippen LogP contribution < -0.4 is 0 Å². The van der Waals surface area contributed by atoms with E-state index in [9.17, 15) is 19.1 Å². The lowest BCUT2D eigenvalue weighted by atomic mass is 9.79. The molecule has 0 radical (unpaired) electrons. The molecule has 0 aromatic heterocycles. The molecule has 2 aromatic rings. The number of hydrogen-bond acceptors (Lipinski definition) is 3. The first-order valence-corrected chi connectivity index (χ1v) is 7.57. The summed E-state index contributed by atoms with van der Waals surface area (Å²) in [4.78, 5) is 22.6. The number of carbonyl (C=O) groups is 2. The zero-order valence-corrected chi connectivity index (χ0v) is 13.6. The van der Waals surface area contributed by atoms with Crippen LogP contribution in [-0.4, -0.2) is 23.7 Å². The third kappa shape index (κ3) is 3.79. The summed E-state index contributed by atoms with van der Waals surface area (Å²) in [6.45, 7) is 2.71. The third-order valence-corrected chi connectivity index (χ3v) is 4.07. The standard InChI is InChI=1S/C19H19FO4/c1-13(21)24-11-10-19(2,18(22)23)15-8-9-16(17(20)12-15)14-6-4-3-5-7-14/h3-9,12H,10-11H2,1-2H3,(H,22,23). The summed E-state index contributed by atoms with van der Waals surface area (Å²) >= 11 is 0. The molecule has 4 nitrogen and oxygen atoms in total. The molecule has 1 atom stereocenters. The van der Waals surface area contributed by atoms with E-state index in [0.29, 0.717) is 11.1 Å². The first-order valence-electron chi connectivity index (χ1n) is 7.57. The van der Waals surface area contributed by atoms with Crippen molar-refractivity contribution in [3.8, 4) is 11.1 Å². The van der Waals surface area contributed by atoms with Crippen LogP contribution in [-0.2, 0) is 19.7 Å². The molecule has 0 spiro atoms. The van der Waals surface area contributed by atoms with Gasteiger partial charge in [-0.15, -0.1) is 0 Å². The lowest BCUT2D eigenvalue weighted by Gasteiger charge is -2.25. The summed E-state index contributed by atoms with van der Waals surface area (Å²) in [7, 11) is 0. The molecule has 1 unspecified atom stereocenters. The van der Waals surface area contributed by atoms with Gasteiger partial charge in [-0.3, -0.25) is 9.59 Å². The lowest BCUT2D eigenvalue weighted by Crippen LogP contribution is -2.34. The van der Waals surface area contributed by atoms with Gasteiger partial charge >= 0.3 is 11.9 Å². The van der Waals surface area contributed by atoms with Crippen LogP contribution in [0.4, 0.5) is 4.39 Å². The zero-order chi connectivity index (χ0) is 17.7. The fraction of sp³-hybridized carbons (Fsp3) is 0.263. The molecule has 2 aromatic carbocycles. The van der Waals surface area contributed by atoms with Gasteiger partial charge in [-0.25, -0.2) is 4.39 Å².